The fourth-order valence-corrected chi connectivity index (χ4v) is 2.82. The Kier molecular flexibility index (Phi) is 6.61. The standard InChI is InChI=1S/C16H23F3N2O4/c1-5-7-8-11(22)20-15(16(17,18)19)12(13(23)25-4)10(3)21(9-6-2)14(15)24/h5-9H2,1-4H3,(H,20,22). The topological polar surface area (TPSA) is 75.7 Å². The first-order valence-corrected chi connectivity index (χ1v) is 8.07. The first kappa shape index (κ1) is 21.0. The Bertz CT molecular complexity index is 586. The molecule has 0 bridgehead atoms. The molecule has 1 unspecified atom stereocenters. The van der Waals surface area contributed by atoms with Crippen LogP contribution in [0.3, 0.4) is 0 Å². The number of allylic oxidation sites excluding steroid dienone is 1. The van der Waals surface area contributed by atoms with Gasteiger partial charge in [-0.25, -0.2) is 4.79 Å². The highest BCUT2D eigenvalue weighted by molar-refractivity contribution is 6.10. The number of unbranched alkanes of at least 4 members (excludes halogenated alkanes) is 1. The minimum atomic E-state index is -5.20. The summed E-state index contributed by atoms with van der Waals surface area (Å²) < 4.78 is 46.4. The first-order valence-electron chi connectivity index (χ1n) is 8.07. The molecule has 0 spiro atoms. The SMILES string of the molecule is CCCCC(=O)NC1(C(F)(F)F)C(=O)N(CCC)C(C)=C1C(=O)OC. The molecule has 0 saturated heterocycles. The molecule has 2 amide bonds. The van der Waals surface area contributed by atoms with E-state index in [-0.39, 0.29) is 18.7 Å². The van der Waals surface area contributed by atoms with E-state index in [1.54, 1.807) is 19.2 Å². The molecule has 1 rings (SSSR count). The molecular formula is C16H23F3N2O4. The van der Waals surface area contributed by atoms with E-state index in [1.807, 2.05) is 0 Å². The molecule has 25 heavy (non-hydrogen) atoms. The molecular weight excluding hydrogens is 341 g/mol. The van der Waals surface area contributed by atoms with Gasteiger partial charge in [0.2, 0.25) is 11.4 Å². The minimum Gasteiger partial charge on any atom is -0.466 e. The number of esters is 1. The molecule has 1 aliphatic heterocycles. The lowest BCUT2D eigenvalue weighted by Crippen LogP contribution is -2.66. The van der Waals surface area contributed by atoms with Crippen LogP contribution in [0.4, 0.5) is 13.2 Å². The molecule has 1 N–H and O–H groups in total. The van der Waals surface area contributed by atoms with Crippen molar-refractivity contribution in [2.24, 2.45) is 0 Å². The molecule has 0 aromatic heterocycles. The van der Waals surface area contributed by atoms with Crippen LogP contribution in [0.25, 0.3) is 0 Å². The van der Waals surface area contributed by atoms with Gasteiger partial charge in [0.15, 0.2) is 0 Å². The maximum Gasteiger partial charge on any atom is 0.425 e. The van der Waals surface area contributed by atoms with E-state index < -0.39 is 35.1 Å². The average Bonchev–Trinajstić information content (AvgIpc) is 2.74. The van der Waals surface area contributed by atoms with E-state index in [9.17, 15) is 27.6 Å². The second-order valence-corrected chi connectivity index (χ2v) is 5.81. The van der Waals surface area contributed by atoms with Crippen molar-refractivity contribution in [2.45, 2.75) is 58.2 Å². The van der Waals surface area contributed by atoms with Crippen molar-refractivity contribution in [3.8, 4) is 0 Å². The largest absolute Gasteiger partial charge is 0.466 e. The molecule has 1 atom stereocenters. The first-order chi connectivity index (χ1) is 11.6. The van der Waals surface area contributed by atoms with Crippen molar-refractivity contribution in [3.05, 3.63) is 11.3 Å². The lowest BCUT2D eigenvalue weighted by Gasteiger charge is -2.33. The molecule has 0 aliphatic carbocycles. The summed E-state index contributed by atoms with van der Waals surface area (Å²) in [6.45, 7) is 4.70. The van der Waals surface area contributed by atoms with Gasteiger partial charge in [0, 0.05) is 18.7 Å². The van der Waals surface area contributed by atoms with Crippen molar-refractivity contribution in [1.82, 2.24) is 10.2 Å². The summed E-state index contributed by atoms with van der Waals surface area (Å²) in [6, 6.07) is 0. The van der Waals surface area contributed by atoms with Gasteiger partial charge in [-0.1, -0.05) is 20.3 Å². The number of carbonyl (C=O) groups excluding carboxylic acids is 3. The van der Waals surface area contributed by atoms with Crippen molar-refractivity contribution in [3.63, 3.8) is 0 Å². The van der Waals surface area contributed by atoms with Crippen LogP contribution in [-0.2, 0) is 19.1 Å². The Morgan fingerprint density at radius 3 is 2.28 bits per heavy atom. The van der Waals surface area contributed by atoms with Crippen LogP contribution >= 0.6 is 0 Å². The molecule has 0 radical (unpaired) electrons. The van der Waals surface area contributed by atoms with Crippen LogP contribution in [0.15, 0.2) is 11.3 Å². The summed E-state index contributed by atoms with van der Waals surface area (Å²) in [4.78, 5) is 37.6. The molecule has 0 saturated carbocycles. The number of nitrogens with zero attached hydrogens (tertiary/aromatic N) is 1. The summed E-state index contributed by atoms with van der Waals surface area (Å²) in [6.07, 6.45) is -4.03. The van der Waals surface area contributed by atoms with E-state index in [0.29, 0.717) is 19.3 Å². The van der Waals surface area contributed by atoms with Gasteiger partial charge < -0.3 is 15.0 Å². The van der Waals surface area contributed by atoms with E-state index in [0.717, 1.165) is 12.0 Å². The van der Waals surface area contributed by atoms with Gasteiger partial charge in [0.25, 0.3) is 5.91 Å². The number of hydrogen-bond donors (Lipinski definition) is 1. The lowest BCUT2D eigenvalue weighted by atomic mass is 9.89. The number of carbonyl (C=O) groups is 3. The van der Waals surface area contributed by atoms with E-state index in [2.05, 4.69) is 4.74 Å². The Morgan fingerprint density at radius 1 is 1.24 bits per heavy atom. The highest BCUT2D eigenvalue weighted by Gasteiger charge is 2.70. The third-order valence-corrected chi connectivity index (χ3v) is 4.05. The number of rotatable bonds is 7. The zero-order valence-electron chi connectivity index (χ0n) is 14.7. The normalized spacial score (nSPS) is 20.9. The zero-order valence-corrected chi connectivity index (χ0v) is 14.7. The zero-order chi connectivity index (χ0) is 19.4. The van der Waals surface area contributed by atoms with Gasteiger partial charge in [-0.15, -0.1) is 0 Å². The molecule has 0 aromatic carbocycles. The highest BCUT2D eigenvalue weighted by Crippen LogP contribution is 2.45. The highest BCUT2D eigenvalue weighted by atomic mass is 19.4. The lowest BCUT2D eigenvalue weighted by molar-refractivity contribution is -0.196. The summed E-state index contributed by atoms with van der Waals surface area (Å²) in [5.41, 5.74) is -4.46. The third kappa shape index (κ3) is 3.64. The fraction of sp³-hybridized carbons (Fsp3) is 0.688. The van der Waals surface area contributed by atoms with Gasteiger partial charge in [0.05, 0.1) is 7.11 Å². The molecule has 1 heterocycles. The van der Waals surface area contributed by atoms with Gasteiger partial charge in [-0.2, -0.15) is 13.2 Å². The van der Waals surface area contributed by atoms with Gasteiger partial charge in [-0.05, 0) is 19.8 Å². The fourth-order valence-electron chi connectivity index (χ4n) is 2.82. The Morgan fingerprint density at radius 2 is 1.84 bits per heavy atom. The maximum atomic E-state index is 14.0. The van der Waals surface area contributed by atoms with Crippen LogP contribution in [0.1, 0.15) is 46.5 Å². The van der Waals surface area contributed by atoms with Gasteiger partial charge >= 0.3 is 12.1 Å². The smallest absolute Gasteiger partial charge is 0.425 e. The Labute approximate surface area is 144 Å². The van der Waals surface area contributed by atoms with Crippen molar-refractivity contribution < 1.29 is 32.3 Å². The molecule has 0 fully saturated rings. The summed E-state index contributed by atoms with van der Waals surface area (Å²) in [5.74, 6) is -3.62. The Hall–Kier alpha value is -2.06. The number of amides is 2. The number of alkyl halides is 3. The average molecular weight is 364 g/mol. The van der Waals surface area contributed by atoms with Crippen LogP contribution in [-0.4, -0.2) is 48.1 Å². The number of hydrogen-bond acceptors (Lipinski definition) is 4. The van der Waals surface area contributed by atoms with Crippen molar-refractivity contribution in [2.75, 3.05) is 13.7 Å². The monoisotopic (exact) mass is 364 g/mol. The van der Waals surface area contributed by atoms with Crippen LogP contribution in [0, 0.1) is 0 Å². The van der Waals surface area contributed by atoms with Crippen LogP contribution < -0.4 is 5.32 Å². The number of nitrogens with one attached hydrogen (secondary N) is 1. The number of ether oxygens (including phenoxy) is 1. The van der Waals surface area contributed by atoms with Crippen LogP contribution in [0.5, 0.6) is 0 Å². The van der Waals surface area contributed by atoms with Gasteiger partial charge in [-0.3, -0.25) is 9.59 Å². The van der Waals surface area contributed by atoms with Crippen molar-refractivity contribution >= 4 is 17.8 Å². The minimum absolute atomic E-state index is 0.00613. The maximum absolute atomic E-state index is 14.0. The second kappa shape index (κ2) is 7.88. The molecule has 6 nitrogen and oxygen atoms in total. The second-order valence-electron chi connectivity index (χ2n) is 5.81. The Balaban J connectivity index is 3.53. The van der Waals surface area contributed by atoms with E-state index in [1.165, 1.54) is 6.92 Å². The molecule has 1 aliphatic rings. The predicted molar refractivity (Wildman–Crippen MR) is 83.2 cm³/mol. The van der Waals surface area contributed by atoms with Crippen molar-refractivity contribution in [1.29, 1.82) is 0 Å². The number of methoxy groups -OCH3 is 1. The number of halogens is 3. The van der Waals surface area contributed by atoms with E-state index >= 15 is 0 Å². The van der Waals surface area contributed by atoms with E-state index in [4.69, 9.17) is 0 Å². The summed E-state index contributed by atoms with van der Waals surface area (Å²) >= 11 is 0. The van der Waals surface area contributed by atoms with Crippen LogP contribution in [0.2, 0.25) is 0 Å². The molecule has 0 aromatic rings. The summed E-state index contributed by atoms with van der Waals surface area (Å²) in [5, 5.41) is 1.79. The van der Waals surface area contributed by atoms with Gasteiger partial charge in [0.1, 0.15) is 5.57 Å². The molecule has 9 heteroatoms. The summed E-state index contributed by atoms with van der Waals surface area (Å²) in [7, 11) is 0.926. The third-order valence-electron chi connectivity index (χ3n) is 4.05. The predicted octanol–water partition coefficient (Wildman–Crippen LogP) is 2.29. The molecule has 142 valence electrons. The quantitative estimate of drug-likeness (QED) is 0.704.